The second-order valence-corrected chi connectivity index (χ2v) is 10.8. The van der Waals surface area contributed by atoms with E-state index in [9.17, 15) is 9.59 Å². The molecule has 4 heterocycles. The average molecular weight is 584 g/mol. The molecule has 3 aliphatic rings. The highest BCUT2D eigenvalue weighted by molar-refractivity contribution is 6.29. The number of fused-ring (bicyclic) bond motifs is 1. The monoisotopic (exact) mass is 583 g/mol. The number of nitrogens with zero attached hydrogens (tertiary/aromatic N) is 6. The van der Waals surface area contributed by atoms with Gasteiger partial charge in [-0.3, -0.25) is 14.3 Å². The molecule has 7 rings (SSSR count). The van der Waals surface area contributed by atoms with E-state index in [0.717, 1.165) is 12.0 Å². The summed E-state index contributed by atoms with van der Waals surface area (Å²) >= 11 is 6.38. The number of amides is 1. The first kappa shape index (κ1) is 26.2. The molecule has 2 aliphatic heterocycles. The molecule has 1 aliphatic carbocycles. The lowest BCUT2D eigenvalue weighted by Crippen LogP contribution is -2.58. The molecule has 11 nitrogen and oxygen atoms in total. The summed E-state index contributed by atoms with van der Waals surface area (Å²) < 4.78 is 12.6. The van der Waals surface area contributed by atoms with Crippen molar-refractivity contribution in [3.05, 3.63) is 95.3 Å². The van der Waals surface area contributed by atoms with E-state index in [4.69, 9.17) is 21.1 Å². The molecule has 1 saturated heterocycles. The van der Waals surface area contributed by atoms with Crippen LogP contribution in [0.1, 0.15) is 23.5 Å². The Bertz CT molecular complexity index is 1680. The van der Waals surface area contributed by atoms with Crippen molar-refractivity contribution in [3.8, 4) is 17.4 Å². The number of carbonyl (C=O) groups is 1. The summed E-state index contributed by atoms with van der Waals surface area (Å²) in [6, 6.07) is 16.5. The van der Waals surface area contributed by atoms with Gasteiger partial charge >= 0.3 is 0 Å². The molecule has 1 N–H and O–H groups in total. The Labute approximate surface area is 246 Å². The van der Waals surface area contributed by atoms with E-state index in [0.29, 0.717) is 42.9 Å². The maximum absolute atomic E-state index is 14.0. The second-order valence-electron chi connectivity index (χ2n) is 10.4. The molecule has 0 bridgehead atoms. The molecule has 212 valence electrons. The number of ether oxygens (including phenoxy) is 2. The molecular weight excluding hydrogens is 558 g/mol. The van der Waals surface area contributed by atoms with Crippen molar-refractivity contribution in [2.75, 3.05) is 24.8 Å². The van der Waals surface area contributed by atoms with Gasteiger partial charge in [-0.15, -0.1) is 0 Å². The number of benzene rings is 2. The zero-order valence-corrected chi connectivity index (χ0v) is 23.1. The van der Waals surface area contributed by atoms with Crippen LogP contribution in [0.15, 0.2) is 79.0 Å². The molecule has 0 spiro atoms. The van der Waals surface area contributed by atoms with E-state index in [2.05, 4.69) is 38.3 Å². The maximum Gasteiger partial charge on any atom is 0.244 e. The Balaban J connectivity index is 1.19. The van der Waals surface area contributed by atoms with Gasteiger partial charge in [-0.2, -0.15) is 4.98 Å². The lowest BCUT2D eigenvalue weighted by atomic mass is 10.0. The molecule has 1 amide bonds. The lowest BCUT2D eigenvalue weighted by molar-refractivity contribution is -0.126. The van der Waals surface area contributed by atoms with E-state index in [1.165, 1.54) is 5.56 Å². The van der Waals surface area contributed by atoms with Gasteiger partial charge < -0.3 is 19.7 Å². The van der Waals surface area contributed by atoms with Crippen LogP contribution in [0.2, 0.25) is 5.15 Å². The Hall–Kier alpha value is -4.70. The molecule has 3 atom stereocenters. The molecular formula is C30H26ClN7O4. The minimum absolute atomic E-state index is 0.0167. The third-order valence-corrected chi connectivity index (χ3v) is 7.92. The van der Waals surface area contributed by atoms with Crippen molar-refractivity contribution in [2.45, 2.75) is 31.0 Å². The van der Waals surface area contributed by atoms with Crippen LogP contribution in [0.5, 0.6) is 11.5 Å². The van der Waals surface area contributed by atoms with Crippen molar-refractivity contribution in [2.24, 2.45) is 0 Å². The van der Waals surface area contributed by atoms with E-state index < -0.39 is 6.04 Å². The highest BCUT2D eigenvalue weighted by Gasteiger charge is 2.44. The molecule has 2 aromatic heterocycles. The first-order valence-electron chi connectivity index (χ1n) is 13.6. The predicted octanol–water partition coefficient (Wildman–Crippen LogP) is 3.12. The third-order valence-electron chi connectivity index (χ3n) is 7.73. The molecule has 4 aromatic rings. The number of hydrogen-bond acceptors (Lipinski definition) is 9. The van der Waals surface area contributed by atoms with Gasteiger partial charge in [-0.1, -0.05) is 48.0 Å². The van der Waals surface area contributed by atoms with Gasteiger partial charge in [-0.05, 0) is 29.7 Å². The van der Waals surface area contributed by atoms with Gasteiger partial charge in [-0.25, -0.2) is 14.8 Å². The summed E-state index contributed by atoms with van der Waals surface area (Å²) in [5, 5.41) is 3.38. The Morgan fingerprint density at radius 3 is 2.74 bits per heavy atom. The summed E-state index contributed by atoms with van der Waals surface area (Å²) in [7, 11) is 0. The molecule has 42 heavy (non-hydrogen) atoms. The van der Waals surface area contributed by atoms with Crippen molar-refractivity contribution in [1.82, 2.24) is 29.7 Å². The number of halogens is 1. The quantitative estimate of drug-likeness (QED) is 0.259. The first-order chi connectivity index (χ1) is 20.6. The number of carbonyl (C=O) groups excluding carboxylic acids is 2. The topological polar surface area (TPSA) is 115 Å². The summed E-state index contributed by atoms with van der Waals surface area (Å²) in [5.74, 6) is 4.08. The largest absolute Gasteiger partial charge is 0.454 e. The number of nitrogens with one attached hydrogen (secondary N) is 1. The minimum Gasteiger partial charge on any atom is -0.454 e. The molecule has 0 radical (unpaired) electrons. The summed E-state index contributed by atoms with van der Waals surface area (Å²) in [6.45, 7) is 1.43. The van der Waals surface area contributed by atoms with Crippen LogP contribution in [0.3, 0.4) is 0 Å². The molecule has 1 saturated carbocycles. The summed E-state index contributed by atoms with van der Waals surface area (Å²) in [6.07, 6.45) is 5.70. The van der Waals surface area contributed by atoms with Gasteiger partial charge in [0.05, 0.1) is 0 Å². The Morgan fingerprint density at radius 1 is 1.07 bits per heavy atom. The standard InChI is InChI=1S/C30H26ClN7O4/c31-26-14-27(35-30(34-26)37-9-8-32-17-37)38-11-10-36(15-19-6-7-24-25(12-19)42-18-41-24)28(23(38)16-39)29(40)33-22-13-21(22)20-4-2-1-3-5-20/h1-9,12,14,17,21-22,28H,10-11,13,15,18H2,(H,33,40). The summed E-state index contributed by atoms with van der Waals surface area (Å²) in [5.41, 5.74) is 2.26. The van der Waals surface area contributed by atoms with Gasteiger partial charge in [0.25, 0.3) is 0 Å². The van der Waals surface area contributed by atoms with E-state index in [1.54, 1.807) is 34.3 Å². The van der Waals surface area contributed by atoms with Crippen LogP contribution in [-0.2, 0) is 16.1 Å². The van der Waals surface area contributed by atoms with Crippen molar-refractivity contribution < 1.29 is 19.1 Å². The fourth-order valence-electron chi connectivity index (χ4n) is 5.59. The zero-order valence-electron chi connectivity index (χ0n) is 22.4. The van der Waals surface area contributed by atoms with Crippen molar-refractivity contribution in [1.29, 1.82) is 0 Å². The number of hydrogen-bond donors (Lipinski definition) is 1. The number of piperazine rings is 1. The predicted molar refractivity (Wildman–Crippen MR) is 153 cm³/mol. The SMILES string of the molecule is O=C=C1C(C(=O)NC2CC2c2ccccc2)N(Cc2ccc3c(c2)OCO3)CCN1c1cc(Cl)nc(-n2ccnc2)n1. The highest BCUT2D eigenvalue weighted by Crippen LogP contribution is 2.41. The smallest absolute Gasteiger partial charge is 0.244 e. The van der Waals surface area contributed by atoms with Gasteiger partial charge in [0, 0.05) is 50.1 Å². The van der Waals surface area contributed by atoms with E-state index in [1.807, 2.05) is 41.3 Å². The van der Waals surface area contributed by atoms with Crippen molar-refractivity contribution >= 4 is 29.3 Å². The van der Waals surface area contributed by atoms with E-state index >= 15 is 0 Å². The maximum atomic E-state index is 14.0. The van der Waals surface area contributed by atoms with Gasteiger partial charge in [0.15, 0.2) is 11.5 Å². The number of rotatable bonds is 7. The van der Waals surface area contributed by atoms with E-state index in [-0.39, 0.29) is 35.5 Å². The van der Waals surface area contributed by atoms with Crippen LogP contribution >= 0.6 is 11.6 Å². The van der Waals surface area contributed by atoms with Crippen LogP contribution < -0.4 is 19.7 Å². The lowest BCUT2D eigenvalue weighted by Gasteiger charge is -2.41. The average Bonchev–Trinajstić information content (AvgIpc) is 3.35. The molecule has 12 heteroatoms. The number of anilines is 1. The molecule has 3 unspecified atom stereocenters. The Morgan fingerprint density at radius 2 is 1.93 bits per heavy atom. The molecule has 2 fully saturated rings. The van der Waals surface area contributed by atoms with Crippen molar-refractivity contribution in [3.63, 3.8) is 0 Å². The third kappa shape index (κ3) is 5.09. The van der Waals surface area contributed by atoms with Crippen LogP contribution in [0, 0.1) is 0 Å². The molecule has 2 aromatic carbocycles. The van der Waals surface area contributed by atoms with Crippen LogP contribution in [0.25, 0.3) is 5.95 Å². The number of imidazole rings is 1. The summed E-state index contributed by atoms with van der Waals surface area (Å²) in [4.78, 5) is 43.3. The first-order valence-corrected chi connectivity index (χ1v) is 14.0. The fraction of sp³-hybridized carbons (Fsp3) is 0.267. The number of aromatic nitrogens is 4. The van der Waals surface area contributed by atoms with Crippen LogP contribution in [0.4, 0.5) is 5.82 Å². The zero-order chi connectivity index (χ0) is 28.6. The van der Waals surface area contributed by atoms with Gasteiger partial charge in [0.1, 0.15) is 35.0 Å². The highest BCUT2D eigenvalue weighted by atomic mass is 35.5. The minimum atomic E-state index is -0.913. The van der Waals surface area contributed by atoms with Crippen LogP contribution in [-0.4, -0.2) is 68.2 Å². The van der Waals surface area contributed by atoms with Gasteiger partial charge in [0.2, 0.25) is 18.6 Å². The second kappa shape index (κ2) is 10.9. The fourth-order valence-corrected chi connectivity index (χ4v) is 5.76. The Kier molecular flexibility index (Phi) is 6.83. The normalized spacial score (nSPS) is 21.2.